The Morgan fingerprint density at radius 2 is 1.86 bits per heavy atom. The number of methoxy groups -OCH3 is 1. The Hall–Kier alpha value is -3.09. The largest absolute Gasteiger partial charge is 0.514 e. The van der Waals surface area contributed by atoms with Gasteiger partial charge in [0.1, 0.15) is 18.1 Å². The number of nitro benzene ring substituents is 1. The third kappa shape index (κ3) is 4.20. The minimum Gasteiger partial charge on any atom is -0.497 e. The van der Waals surface area contributed by atoms with Gasteiger partial charge < -0.3 is 14.2 Å². The topological polar surface area (TPSA) is 87.9 Å². The number of hydrogen-bond donors (Lipinski definition) is 0. The molecule has 0 aliphatic carbocycles. The van der Waals surface area contributed by atoms with Crippen molar-refractivity contribution in [3.63, 3.8) is 0 Å². The van der Waals surface area contributed by atoms with Crippen molar-refractivity contribution in [1.82, 2.24) is 0 Å². The van der Waals surface area contributed by atoms with E-state index in [2.05, 4.69) is 0 Å². The first-order valence-corrected chi connectivity index (χ1v) is 6.30. The molecule has 2 aromatic rings. The average molecular weight is 303 g/mol. The lowest BCUT2D eigenvalue weighted by molar-refractivity contribution is -0.384. The first kappa shape index (κ1) is 15.3. The van der Waals surface area contributed by atoms with Crippen LogP contribution in [0.1, 0.15) is 5.56 Å². The molecule has 7 nitrogen and oxygen atoms in total. The zero-order chi connectivity index (χ0) is 15.9. The molecule has 0 spiro atoms. The third-order valence-electron chi connectivity index (χ3n) is 2.75. The van der Waals surface area contributed by atoms with Gasteiger partial charge in [0, 0.05) is 6.07 Å². The van der Waals surface area contributed by atoms with Gasteiger partial charge in [0.2, 0.25) is 0 Å². The van der Waals surface area contributed by atoms with Gasteiger partial charge in [-0.3, -0.25) is 10.1 Å². The quantitative estimate of drug-likeness (QED) is 0.364. The van der Waals surface area contributed by atoms with Crippen molar-refractivity contribution in [3.8, 4) is 11.5 Å². The summed E-state index contributed by atoms with van der Waals surface area (Å²) < 4.78 is 14.8. The number of hydrogen-bond acceptors (Lipinski definition) is 6. The van der Waals surface area contributed by atoms with E-state index in [9.17, 15) is 14.9 Å². The molecule has 0 fully saturated rings. The number of nitro groups is 1. The summed E-state index contributed by atoms with van der Waals surface area (Å²) in [5.41, 5.74) is 0.595. The van der Waals surface area contributed by atoms with E-state index in [4.69, 9.17) is 14.2 Å². The zero-order valence-electron chi connectivity index (χ0n) is 11.7. The number of carbonyl (C=O) groups excluding carboxylic acids is 1. The average Bonchev–Trinajstić information content (AvgIpc) is 2.53. The SMILES string of the molecule is COc1ccc(COC(=O)Oc2cccc([N+](=O)[O-])c2)cc1. The summed E-state index contributed by atoms with van der Waals surface area (Å²) in [6, 6.07) is 12.3. The standard InChI is InChI=1S/C15H13NO6/c1-20-13-7-5-11(6-8-13)10-21-15(17)22-14-4-2-3-12(9-14)16(18)19/h2-9H,10H2,1H3. The highest BCUT2D eigenvalue weighted by molar-refractivity contribution is 5.64. The summed E-state index contributed by atoms with van der Waals surface area (Å²) in [5.74, 6) is 0.747. The van der Waals surface area contributed by atoms with Crippen LogP contribution in [0.4, 0.5) is 10.5 Å². The Balaban J connectivity index is 1.89. The summed E-state index contributed by atoms with van der Waals surface area (Å²) >= 11 is 0. The molecule has 0 unspecified atom stereocenters. The van der Waals surface area contributed by atoms with Gasteiger partial charge in [-0.2, -0.15) is 0 Å². The molecule has 0 aromatic heterocycles. The van der Waals surface area contributed by atoms with Gasteiger partial charge in [-0.15, -0.1) is 0 Å². The molecule has 0 heterocycles. The van der Waals surface area contributed by atoms with E-state index in [1.54, 1.807) is 31.4 Å². The lowest BCUT2D eigenvalue weighted by Gasteiger charge is -2.06. The maximum Gasteiger partial charge on any atom is 0.514 e. The first-order chi connectivity index (χ1) is 10.6. The molecule has 0 saturated carbocycles. The van der Waals surface area contributed by atoms with Crippen LogP contribution in [0.2, 0.25) is 0 Å². The van der Waals surface area contributed by atoms with Crippen LogP contribution < -0.4 is 9.47 Å². The molecule has 2 aromatic carbocycles. The molecule has 0 aliphatic rings. The number of rotatable bonds is 5. The molecule has 0 bridgehead atoms. The Bertz CT molecular complexity index is 668. The summed E-state index contributed by atoms with van der Waals surface area (Å²) in [6.45, 7) is 0.0256. The van der Waals surface area contributed by atoms with E-state index in [1.807, 2.05) is 0 Å². The van der Waals surface area contributed by atoms with Crippen molar-refractivity contribution in [2.45, 2.75) is 6.61 Å². The van der Waals surface area contributed by atoms with Gasteiger partial charge in [0.25, 0.3) is 5.69 Å². The van der Waals surface area contributed by atoms with E-state index >= 15 is 0 Å². The Morgan fingerprint density at radius 3 is 2.50 bits per heavy atom. The first-order valence-electron chi connectivity index (χ1n) is 6.30. The molecule has 0 radical (unpaired) electrons. The second-order valence-corrected chi connectivity index (χ2v) is 4.24. The fraction of sp³-hybridized carbons (Fsp3) is 0.133. The van der Waals surface area contributed by atoms with Crippen molar-refractivity contribution in [1.29, 1.82) is 0 Å². The van der Waals surface area contributed by atoms with Gasteiger partial charge >= 0.3 is 6.16 Å². The molecule has 0 N–H and O–H groups in total. The predicted octanol–water partition coefficient (Wildman–Crippen LogP) is 3.32. The predicted molar refractivity (Wildman–Crippen MR) is 76.9 cm³/mol. The molecule has 22 heavy (non-hydrogen) atoms. The van der Waals surface area contributed by atoms with Crippen molar-refractivity contribution in [3.05, 3.63) is 64.2 Å². The van der Waals surface area contributed by atoms with E-state index in [-0.39, 0.29) is 18.0 Å². The Kier molecular flexibility index (Phi) is 4.92. The molecule has 0 aliphatic heterocycles. The van der Waals surface area contributed by atoms with Gasteiger partial charge in [-0.05, 0) is 23.8 Å². The molecule has 114 valence electrons. The van der Waals surface area contributed by atoms with Crippen LogP contribution in [0.25, 0.3) is 0 Å². The van der Waals surface area contributed by atoms with Gasteiger partial charge in [-0.1, -0.05) is 18.2 Å². The molecule has 2 rings (SSSR count). The number of nitrogens with zero attached hydrogens (tertiary/aromatic N) is 1. The van der Waals surface area contributed by atoms with Crippen molar-refractivity contribution in [2.24, 2.45) is 0 Å². The van der Waals surface area contributed by atoms with Crippen molar-refractivity contribution < 1.29 is 23.9 Å². The van der Waals surface area contributed by atoms with E-state index < -0.39 is 11.1 Å². The van der Waals surface area contributed by atoms with Crippen LogP contribution >= 0.6 is 0 Å². The third-order valence-corrected chi connectivity index (χ3v) is 2.75. The molecule has 0 amide bonds. The smallest absolute Gasteiger partial charge is 0.497 e. The van der Waals surface area contributed by atoms with Crippen LogP contribution in [0.3, 0.4) is 0 Å². The number of non-ortho nitro benzene ring substituents is 1. The van der Waals surface area contributed by atoms with E-state index in [0.29, 0.717) is 5.75 Å². The van der Waals surface area contributed by atoms with E-state index in [0.717, 1.165) is 11.6 Å². The highest BCUT2D eigenvalue weighted by Crippen LogP contribution is 2.19. The van der Waals surface area contributed by atoms with Gasteiger partial charge in [0.15, 0.2) is 0 Å². The summed E-state index contributed by atoms with van der Waals surface area (Å²) in [5, 5.41) is 10.6. The molecule has 7 heteroatoms. The van der Waals surface area contributed by atoms with E-state index in [1.165, 1.54) is 18.2 Å². The monoisotopic (exact) mass is 303 g/mol. The Morgan fingerprint density at radius 1 is 1.14 bits per heavy atom. The van der Waals surface area contributed by atoms with Crippen molar-refractivity contribution >= 4 is 11.8 Å². The summed E-state index contributed by atoms with van der Waals surface area (Å²) in [6.07, 6.45) is -0.934. The zero-order valence-corrected chi connectivity index (χ0v) is 11.7. The van der Waals surface area contributed by atoms with Gasteiger partial charge in [-0.25, -0.2) is 4.79 Å². The molecule has 0 saturated heterocycles. The number of carbonyl (C=O) groups is 1. The normalized spacial score (nSPS) is 9.86. The highest BCUT2D eigenvalue weighted by Gasteiger charge is 2.11. The second kappa shape index (κ2) is 7.07. The highest BCUT2D eigenvalue weighted by atomic mass is 16.7. The fourth-order valence-corrected chi connectivity index (χ4v) is 1.65. The second-order valence-electron chi connectivity index (χ2n) is 4.24. The van der Waals surface area contributed by atoms with Crippen LogP contribution in [-0.4, -0.2) is 18.2 Å². The lowest BCUT2D eigenvalue weighted by atomic mass is 10.2. The van der Waals surface area contributed by atoms with Crippen molar-refractivity contribution in [2.75, 3.05) is 7.11 Å². The molecular formula is C15H13NO6. The van der Waals surface area contributed by atoms with Crippen LogP contribution in [0, 0.1) is 10.1 Å². The van der Waals surface area contributed by atoms with Crippen LogP contribution in [0.5, 0.6) is 11.5 Å². The minimum atomic E-state index is -0.934. The van der Waals surface area contributed by atoms with Crippen LogP contribution in [-0.2, 0) is 11.3 Å². The Labute approximate surface area is 126 Å². The van der Waals surface area contributed by atoms with Crippen LogP contribution in [0.15, 0.2) is 48.5 Å². The summed E-state index contributed by atoms with van der Waals surface area (Å²) in [7, 11) is 1.56. The van der Waals surface area contributed by atoms with Gasteiger partial charge in [0.05, 0.1) is 18.1 Å². The lowest BCUT2D eigenvalue weighted by Crippen LogP contribution is -2.10. The minimum absolute atomic E-state index is 0.0256. The number of benzene rings is 2. The number of ether oxygens (including phenoxy) is 3. The fourth-order valence-electron chi connectivity index (χ4n) is 1.65. The molecular weight excluding hydrogens is 290 g/mol. The maximum absolute atomic E-state index is 11.6. The molecule has 0 atom stereocenters. The summed E-state index contributed by atoms with van der Waals surface area (Å²) in [4.78, 5) is 21.6. The maximum atomic E-state index is 11.6.